The fourth-order valence-corrected chi connectivity index (χ4v) is 3.53. The normalized spacial score (nSPS) is 22.0. The summed E-state index contributed by atoms with van der Waals surface area (Å²) in [5.74, 6) is -1.00. The van der Waals surface area contributed by atoms with Crippen LogP contribution in [0.2, 0.25) is 0 Å². The lowest BCUT2D eigenvalue weighted by atomic mass is 10.2. The maximum atomic E-state index is 12.1. The number of carboxylic acid groups (broad SMARTS) is 1. The van der Waals surface area contributed by atoms with Crippen LogP contribution < -0.4 is 5.32 Å². The van der Waals surface area contributed by atoms with Crippen LogP contribution in [0, 0.1) is 0 Å². The average Bonchev–Trinajstić information content (AvgIpc) is 3.02. The summed E-state index contributed by atoms with van der Waals surface area (Å²) in [5, 5.41) is 13.8. The summed E-state index contributed by atoms with van der Waals surface area (Å²) in [5.41, 5.74) is 0. The number of carbonyl (C=O) groups excluding carboxylic acids is 1. The lowest BCUT2D eigenvalue weighted by Crippen LogP contribution is -2.45. The van der Waals surface area contributed by atoms with E-state index in [0.717, 1.165) is 9.35 Å². The predicted octanol–water partition coefficient (Wildman–Crippen LogP) is 1.89. The third kappa shape index (κ3) is 3.50. The number of thiophene rings is 1. The highest BCUT2D eigenvalue weighted by Crippen LogP contribution is 2.22. The van der Waals surface area contributed by atoms with Crippen LogP contribution in [0.5, 0.6) is 0 Å². The van der Waals surface area contributed by atoms with Crippen LogP contribution in [0.3, 0.4) is 0 Å². The number of amides is 2. The molecule has 2 N–H and O–H groups in total. The Morgan fingerprint density at radius 1 is 1.65 bits per heavy atom. The highest BCUT2D eigenvalue weighted by atomic mass is 79.9. The summed E-state index contributed by atoms with van der Waals surface area (Å²) in [7, 11) is 1.52. The number of aliphatic carboxylic acids is 1. The van der Waals surface area contributed by atoms with Crippen molar-refractivity contribution in [2.24, 2.45) is 0 Å². The average molecular weight is 363 g/mol. The van der Waals surface area contributed by atoms with E-state index < -0.39 is 12.0 Å². The molecule has 1 aromatic rings. The smallest absolute Gasteiger partial charge is 0.326 e. The molecule has 1 saturated heterocycles. The van der Waals surface area contributed by atoms with Crippen LogP contribution in [0.25, 0.3) is 0 Å². The molecule has 2 amide bonds. The van der Waals surface area contributed by atoms with Crippen molar-refractivity contribution in [2.45, 2.75) is 25.1 Å². The molecule has 2 heterocycles. The molecule has 110 valence electrons. The van der Waals surface area contributed by atoms with E-state index in [2.05, 4.69) is 21.2 Å². The summed E-state index contributed by atoms with van der Waals surface area (Å²) in [6.45, 7) is 0.684. The van der Waals surface area contributed by atoms with Crippen LogP contribution in [0.1, 0.15) is 11.3 Å². The van der Waals surface area contributed by atoms with E-state index in [9.17, 15) is 9.59 Å². The zero-order valence-corrected chi connectivity index (χ0v) is 13.2. The molecular formula is C12H15BrN2O4S. The molecule has 20 heavy (non-hydrogen) atoms. The molecule has 0 bridgehead atoms. The zero-order chi connectivity index (χ0) is 14.7. The maximum absolute atomic E-state index is 12.1. The number of carbonyl (C=O) groups is 2. The molecule has 0 spiro atoms. The first-order valence-electron chi connectivity index (χ1n) is 6.04. The topological polar surface area (TPSA) is 78.9 Å². The number of likely N-dealkylation sites (tertiary alicyclic amines) is 1. The van der Waals surface area contributed by atoms with Gasteiger partial charge in [-0.1, -0.05) is 0 Å². The Morgan fingerprint density at radius 3 is 2.95 bits per heavy atom. The largest absolute Gasteiger partial charge is 0.480 e. The van der Waals surface area contributed by atoms with Crippen molar-refractivity contribution < 1.29 is 19.4 Å². The van der Waals surface area contributed by atoms with Crippen LogP contribution in [-0.2, 0) is 16.1 Å². The molecule has 0 saturated carbocycles. The molecule has 1 fully saturated rings. The van der Waals surface area contributed by atoms with Crippen LogP contribution in [0.4, 0.5) is 4.79 Å². The molecule has 6 nitrogen and oxygen atoms in total. The van der Waals surface area contributed by atoms with Crippen molar-refractivity contribution in [2.75, 3.05) is 13.7 Å². The van der Waals surface area contributed by atoms with Crippen molar-refractivity contribution in [1.82, 2.24) is 10.2 Å². The Bertz CT molecular complexity index is 507. The van der Waals surface area contributed by atoms with Gasteiger partial charge in [-0.05, 0) is 22.0 Å². The van der Waals surface area contributed by atoms with Gasteiger partial charge >= 0.3 is 12.0 Å². The van der Waals surface area contributed by atoms with Gasteiger partial charge < -0.3 is 20.1 Å². The Hall–Kier alpha value is -1.12. The van der Waals surface area contributed by atoms with E-state index in [4.69, 9.17) is 9.84 Å². The van der Waals surface area contributed by atoms with Gasteiger partial charge in [-0.25, -0.2) is 9.59 Å². The van der Waals surface area contributed by atoms with Crippen LogP contribution >= 0.6 is 27.3 Å². The second kappa shape index (κ2) is 6.55. The van der Waals surface area contributed by atoms with Crippen molar-refractivity contribution >= 4 is 39.3 Å². The molecule has 2 rings (SSSR count). The van der Waals surface area contributed by atoms with E-state index in [1.165, 1.54) is 23.3 Å². The van der Waals surface area contributed by atoms with Crippen molar-refractivity contribution in [1.29, 1.82) is 0 Å². The van der Waals surface area contributed by atoms with Crippen LogP contribution in [-0.4, -0.2) is 47.8 Å². The monoisotopic (exact) mass is 362 g/mol. The fraction of sp³-hybridized carbons (Fsp3) is 0.500. The number of ether oxygens (including phenoxy) is 1. The number of methoxy groups -OCH3 is 1. The highest BCUT2D eigenvalue weighted by molar-refractivity contribution is 9.10. The molecule has 2 atom stereocenters. The second-order valence-corrected chi connectivity index (χ2v) is 6.40. The molecule has 2 unspecified atom stereocenters. The highest BCUT2D eigenvalue weighted by Gasteiger charge is 2.39. The molecule has 1 aliphatic heterocycles. The minimum atomic E-state index is -1.00. The van der Waals surface area contributed by atoms with E-state index in [1.54, 1.807) is 0 Å². The van der Waals surface area contributed by atoms with Gasteiger partial charge in [-0.3, -0.25) is 0 Å². The quantitative estimate of drug-likeness (QED) is 0.857. The number of hydrogen-bond donors (Lipinski definition) is 2. The summed E-state index contributed by atoms with van der Waals surface area (Å²) < 4.78 is 6.12. The maximum Gasteiger partial charge on any atom is 0.326 e. The lowest BCUT2D eigenvalue weighted by molar-refractivity contribution is -0.141. The number of nitrogens with zero attached hydrogens (tertiary/aromatic N) is 1. The minimum Gasteiger partial charge on any atom is -0.480 e. The van der Waals surface area contributed by atoms with E-state index >= 15 is 0 Å². The van der Waals surface area contributed by atoms with E-state index in [-0.39, 0.29) is 12.1 Å². The third-order valence-electron chi connectivity index (χ3n) is 3.18. The van der Waals surface area contributed by atoms with E-state index in [0.29, 0.717) is 19.5 Å². The summed E-state index contributed by atoms with van der Waals surface area (Å²) in [6, 6.07) is 0.721. The lowest BCUT2D eigenvalue weighted by Gasteiger charge is -2.21. The number of halogens is 1. The van der Waals surface area contributed by atoms with Crippen molar-refractivity contribution in [3.63, 3.8) is 0 Å². The van der Waals surface area contributed by atoms with Gasteiger partial charge in [-0.15, -0.1) is 11.3 Å². The standard InChI is InChI=1S/C12H15BrN2O4S/c1-19-8-3-10(11(16)17)15(5-8)12(18)14-4-9-2-7(13)6-20-9/h2,6,8,10H,3-5H2,1H3,(H,14,18)(H,16,17). The minimum absolute atomic E-state index is 0.224. The summed E-state index contributed by atoms with van der Waals surface area (Å²) in [4.78, 5) is 25.6. The van der Waals surface area contributed by atoms with Gasteiger partial charge in [0.05, 0.1) is 12.6 Å². The number of nitrogens with one attached hydrogen (secondary N) is 1. The summed E-state index contributed by atoms with van der Waals surface area (Å²) in [6.07, 6.45) is 0.0989. The molecule has 8 heteroatoms. The molecule has 0 aliphatic carbocycles. The first kappa shape index (κ1) is 15.3. The Morgan fingerprint density at radius 2 is 2.40 bits per heavy atom. The van der Waals surface area contributed by atoms with Gasteiger partial charge in [-0.2, -0.15) is 0 Å². The van der Waals surface area contributed by atoms with Crippen molar-refractivity contribution in [3.05, 3.63) is 20.8 Å². The van der Waals surface area contributed by atoms with Gasteiger partial charge in [0.15, 0.2) is 0 Å². The first-order valence-corrected chi connectivity index (χ1v) is 7.71. The predicted molar refractivity (Wildman–Crippen MR) is 77.8 cm³/mol. The first-order chi connectivity index (χ1) is 9.51. The molecule has 0 radical (unpaired) electrons. The molecule has 1 aliphatic rings. The number of hydrogen-bond acceptors (Lipinski definition) is 4. The Labute approximate surface area is 128 Å². The molecule has 1 aromatic heterocycles. The zero-order valence-electron chi connectivity index (χ0n) is 10.8. The molecule has 0 aromatic carbocycles. The van der Waals surface area contributed by atoms with Gasteiger partial charge in [0, 0.05) is 34.8 Å². The van der Waals surface area contributed by atoms with Gasteiger partial charge in [0.2, 0.25) is 0 Å². The van der Waals surface area contributed by atoms with Crippen molar-refractivity contribution in [3.8, 4) is 0 Å². The third-order valence-corrected chi connectivity index (χ3v) is 4.88. The Balaban J connectivity index is 1.95. The fourth-order valence-electron chi connectivity index (χ4n) is 2.14. The van der Waals surface area contributed by atoms with Gasteiger partial charge in [0.25, 0.3) is 0 Å². The number of rotatable bonds is 4. The summed E-state index contributed by atoms with van der Waals surface area (Å²) >= 11 is 4.87. The van der Waals surface area contributed by atoms with E-state index in [1.807, 2.05) is 11.4 Å². The van der Waals surface area contributed by atoms with Crippen LogP contribution in [0.15, 0.2) is 15.9 Å². The van der Waals surface area contributed by atoms with Gasteiger partial charge in [0.1, 0.15) is 6.04 Å². The number of carboxylic acids is 1. The second-order valence-electron chi connectivity index (χ2n) is 4.49. The number of urea groups is 1. The molecular weight excluding hydrogens is 348 g/mol. The SMILES string of the molecule is COC1CC(C(=O)O)N(C(=O)NCc2cc(Br)cs2)C1. The Kier molecular flexibility index (Phi) is 5.00.